The van der Waals surface area contributed by atoms with Crippen LogP contribution in [0.3, 0.4) is 0 Å². The Bertz CT molecular complexity index is 660. The van der Waals surface area contributed by atoms with Gasteiger partial charge >= 0.3 is 5.97 Å². The van der Waals surface area contributed by atoms with Crippen molar-refractivity contribution in [2.45, 2.75) is 90.4 Å². The van der Waals surface area contributed by atoms with Crippen LogP contribution >= 0.6 is 11.3 Å². The van der Waals surface area contributed by atoms with Crippen molar-refractivity contribution in [2.24, 2.45) is 0 Å². The number of rotatable bonds is 19. The number of methoxy groups -OCH3 is 1. The molecule has 1 aromatic rings. The van der Waals surface area contributed by atoms with Crippen LogP contribution in [0, 0.1) is 0 Å². The molecule has 0 saturated carbocycles. The predicted molar refractivity (Wildman–Crippen MR) is 130 cm³/mol. The number of carbonyl (C=O) groups is 2. The maximum atomic E-state index is 11.9. The summed E-state index contributed by atoms with van der Waals surface area (Å²) in [6.45, 7) is 2.91. The highest BCUT2D eigenvalue weighted by Crippen LogP contribution is 2.26. The van der Waals surface area contributed by atoms with Gasteiger partial charge in [-0.25, -0.2) is 0 Å². The Morgan fingerprint density at radius 1 is 0.871 bits per heavy atom. The van der Waals surface area contributed by atoms with E-state index in [1.807, 2.05) is 0 Å². The fraction of sp³-hybridized carbons (Fsp3) is 0.615. The van der Waals surface area contributed by atoms with Crippen LogP contribution in [-0.2, 0) is 9.53 Å². The van der Waals surface area contributed by atoms with Gasteiger partial charge in [0.2, 0.25) is 0 Å². The number of ether oxygens (including phenoxy) is 2. The van der Waals surface area contributed by atoms with Crippen LogP contribution < -0.4 is 4.74 Å². The fourth-order valence-electron chi connectivity index (χ4n) is 3.10. The quantitative estimate of drug-likeness (QED) is 0.0715. The molecule has 5 heteroatoms. The molecular weight excluding hydrogens is 408 g/mol. The monoisotopic (exact) mass is 448 g/mol. The largest absolute Gasteiger partial charge is 0.484 e. The zero-order valence-electron chi connectivity index (χ0n) is 19.4. The van der Waals surface area contributed by atoms with Gasteiger partial charge in [-0.3, -0.25) is 9.59 Å². The van der Waals surface area contributed by atoms with Crippen molar-refractivity contribution in [1.29, 1.82) is 0 Å². The number of unbranched alkanes of at least 4 members (excludes halogenated alkanes) is 9. The third-order valence-corrected chi connectivity index (χ3v) is 6.02. The molecule has 0 aliphatic rings. The number of ketones is 1. The number of esters is 1. The van der Waals surface area contributed by atoms with Gasteiger partial charge in [-0.2, -0.15) is 0 Å². The standard InChI is InChI=1S/C26H40O4S/c1-3-4-5-6-7-8-9-10-11-12-13-14-15-16-17-18-21-30-26-20-19-24(31-26)23(27)22-25(28)29-2/h7-8,10-11,19-20H,3-6,9,12-18,21-22H2,1-2H3. The van der Waals surface area contributed by atoms with E-state index >= 15 is 0 Å². The molecule has 0 atom stereocenters. The number of Topliss-reactive ketones (excluding diaryl/α,β-unsaturated/α-hetero) is 1. The van der Waals surface area contributed by atoms with E-state index in [-0.39, 0.29) is 12.2 Å². The Hall–Kier alpha value is -1.88. The molecule has 174 valence electrons. The van der Waals surface area contributed by atoms with Gasteiger partial charge in [0.05, 0.1) is 18.6 Å². The van der Waals surface area contributed by atoms with Crippen molar-refractivity contribution in [3.63, 3.8) is 0 Å². The van der Waals surface area contributed by atoms with Gasteiger partial charge < -0.3 is 9.47 Å². The molecule has 0 aliphatic heterocycles. The minimum absolute atomic E-state index is 0.220. The average molecular weight is 449 g/mol. The van der Waals surface area contributed by atoms with Crippen molar-refractivity contribution in [2.75, 3.05) is 13.7 Å². The van der Waals surface area contributed by atoms with Crippen LogP contribution in [0.2, 0.25) is 0 Å². The molecule has 0 bridgehead atoms. The van der Waals surface area contributed by atoms with E-state index in [1.165, 1.54) is 76.2 Å². The summed E-state index contributed by atoms with van der Waals surface area (Å²) in [5, 5.41) is 0.732. The highest BCUT2D eigenvalue weighted by molar-refractivity contribution is 7.15. The number of carbonyl (C=O) groups excluding carboxylic acids is 2. The third kappa shape index (κ3) is 14.7. The second-order valence-corrected chi connectivity index (χ2v) is 8.77. The van der Waals surface area contributed by atoms with Gasteiger partial charge in [0.25, 0.3) is 0 Å². The maximum absolute atomic E-state index is 11.9. The number of hydrogen-bond donors (Lipinski definition) is 0. The van der Waals surface area contributed by atoms with Crippen molar-refractivity contribution in [1.82, 2.24) is 0 Å². The molecule has 31 heavy (non-hydrogen) atoms. The Morgan fingerprint density at radius 3 is 2.19 bits per heavy atom. The summed E-state index contributed by atoms with van der Waals surface area (Å²) in [5.74, 6) is -0.734. The summed E-state index contributed by atoms with van der Waals surface area (Å²) < 4.78 is 10.2. The van der Waals surface area contributed by atoms with Gasteiger partial charge in [-0.15, -0.1) is 0 Å². The first kappa shape index (κ1) is 27.2. The van der Waals surface area contributed by atoms with Gasteiger partial charge in [0, 0.05) is 0 Å². The van der Waals surface area contributed by atoms with E-state index in [0.29, 0.717) is 11.5 Å². The van der Waals surface area contributed by atoms with Crippen LogP contribution in [0.25, 0.3) is 0 Å². The zero-order valence-corrected chi connectivity index (χ0v) is 20.2. The van der Waals surface area contributed by atoms with Crippen molar-refractivity contribution in [3.05, 3.63) is 41.3 Å². The Morgan fingerprint density at radius 2 is 1.52 bits per heavy atom. The van der Waals surface area contributed by atoms with Gasteiger partial charge in [0.1, 0.15) is 6.42 Å². The van der Waals surface area contributed by atoms with E-state index in [9.17, 15) is 9.59 Å². The van der Waals surface area contributed by atoms with E-state index in [2.05, 4.69) is 36.0 Å². The molecule has 0 amide bonds. The van der Waals surface area contributed by atoms with Crippen molar-refractivity contribution < 1.29 is 19.1 Å². The highest BCUT2D eigenvalue weighted by atomic mass is 32.1. The summed E-state index contributed by atoms with van der Waals surface area (Å²) in [6, 6.07) is 3.51. The lowest BCUT2D eigenvalue weighted by Crippen LogP contribution is -2.08. The summed E-state index contributed by atoms with van der Waals surface area (Å²) in [5.41, 5.74) is 0. The lowest BCUT2D eigenvalue weighted by molar-refractivity contribution is -0.139. The SMILES string of the molecule is CCCCCC=CCC=CCCCCCCCCOc1ccc(C(=O)CC(=O)OC)s1. The van der Waals surface area contributed by atoms with Crippen LogP contribution in [0.4, 0.5) is 0 Å². The molecule has 1 aromatic heterocycles. The summed E-state index contributed by atoms with van der Waals surface area (Å²) >= 11 is 1.29. The second-order valence-electron chi connectivity index (χ2n) is 7.73. The zero-order chi connectivity index (χ0) is 22.6. The molecular formula is C26H40O4S. The Balaban J connectivity index is 1.94. The normalized spacial score (nSPS) is 11.4. The lowest BCUT2D eigenvalue weighted by atomic mass is 10.1. The van der Waals surface area contributed by atoms with E-state index in [0.717, 1.165) is 24.3 Å². The van der Waals surface area contributed by atoms with Crippen LogP contribution in [0.15, 0.2) is 36.4 Å². The molecule has 1 heterocycles. The van der Waals surface area contributed by atoms with E-state index in [1.54, 1.807) is 12.1 Å². The predicted octanol–water partition coefficient (Wildman–Crippen LogP) is 7.69. The molecule has 0 saturated heterocycles. The highest BCUT2D eigenvalue weighted by Gasteiger charge is 2.14. The molecule has 0 unspecified atom stereocenters. The molecule has 0 aromatic carbocycles. The Kier molecular flexibility index (Phi) is 16.5. The molecule has 0 N–H and O–H groups in total. The summed E-state index contributed by atoms with van der Waals surface area (Å²) in [7, 11) is 1.28. The summed E-state index contributed by atoms with van der Waals surface area (Å²) in [4.78, 5) is 23.6. The molecule has 4 nitrogen and oxygen atoms in total. The first-order valence-corrected chi connectivity index (χ1v) is 12.6. The van der Waals surface area contributed by atoms with E-state index in [4.69, 9.17) is 4.74 Å². The number of thiophene rings is 1. The second kappa shape index (κ2) is 18.9. The number of allylic oxidation sites excluding steroid dienone is 4. The smallest absolute Gasteiger partial charge is 0.313 e. The molecule has 0 fully saturated rings. The number of hydrogen-bond acceptors (Lipinski definition) is 5. The first-order valence-electron chi connectivity index (χ1n) is 11.8. The van der Waals surface area contributed by atoms with Crippen LogP contribution in [0.5, 0.6) is 5.06 Å². The average Bonchev–Trinajstić information content (AvgIpc) is 3.25. The van der Waals surface area contributed by atoms with Crippen molar-refractivity contribution in [3.8, 4) is 5.06 Å². The lowest BCUT2D eigenvalue weighted by Gasteiger charge is -2.03. The Labute approximate surface area is 192 Å². The summed E-state index contributed by atoms with van der Waals surface area (Å²) in [6.07, 6.45) is 23.6. The van der Waals surface area contributed by atoms with Crippen LogP contribution in [-0.4, -0.2) is 25.5 Å². The van der Waals surface area contributed by atoms with Gasteiger partial charge in [-0.05, 0) is 50.7 Å². The third-order valence-electron chi connectivity index (χ3n) is 4.98. The topological polar surface area (TPSA) is 52.6 Å². The molecule has 1 rings (SSSR count). The van der Waals surface area contributed by atoms with Crippen molar-refractivity contribution >= 4 is 23.1 Å². The van der Waals surface area contributed by atoms with Crippen LogP contribution in [0.1, 0.15) is 100 Å². The fourth-order valence-corrected chi connectivity index (χ4v) is 3.92. The minimum atomic E-state index is -0.512. The van der Waals surface area contributed by atoms with E-state index < -0.39 is 5.97 Å². The van der Waals surface area contributed by atoms with Gasteiger partial charge in [0.15, 0.2) is 10.8 Å². The molecule has 0 radical (unpaired) electrons. The first-order chi connectivity index (χ1) is 15.2. The molecule has 0 aliphatic carbocycles. The maximum Gasteiger partial charge on any atom is 0.313 e. The molecule has 0 spiro atoms. The van der Waals surface area contributed by atoms with Gasteiger partial charge in [-0.1, -0.05) is 81.1 Å². The minimum Gasteiger partial charge on any atom is -0.484 e.